The largest absolute Gasteiger partial charge is 0.376 e. The summed E-state index contributed by atoms with van der Waals surface area (Å²) >= 11 is 0. The van der Waals surface area contributed by atoms with Gasteiger partial charge in [-0.2, -0.15) is 0 Å². The van der Waals surface area contributed by atoms with Crippen molar-refractivity contribution in [1.29, 1.82) is 0 Å². The predicted octanol–water partition coefficient (Wildman–Crippen LogP) is 0.390. The Bertz CT molecular complexity index is 652. The summed E-state index contributed by atoms with van der Waals surface area (Å²) in [5.41, 5.74) is 6.30. The molecule has 1 heterocycles. The van der Waals surface area contributed by atoms with Crippen molar-refractivity contribution < 1.29 is 17.5 Å². The summed E-state index contributed by atoms with van der Waals surface area (Å²) in [6, 6.07) is 3.28. The Morgan fingerprint density at radius 3 is 2.81 bits per heavy atom. The molecule has 1 saturated carbocycles. The molecule has 0 amide bonds. The lowest BCUT2D eigenvalue weighted by atomic mass is 9.68. The van der Waals surface area contributed by atoms with E-state index in [9.17, 15) is 12.8 Å². The van der Waals surface area contributed by atoms with Crippen molar-refractivity contribution in [3.05, 3.63) is 24.0 Å². The number of fused-ring (bicyclic) bond motifs is 1. The van der Waals surface area contributed by atoms with Crippen LogP contribution in [0.15, 0.2) is 23.1 Å². The lowest BCUT2D eigenvalue weighted by Crippen LogP contribution is -2.69. The van der Waals surface area contributed by atoms with Crippen LogP contribution in [0.1, 0.15) is 12.8 Å². The van der Waals surface area contributed by atoms with Crippen LogP contribution in [-0.4, -0.2) is 33.2 Å². The third-order valence-electron chi connectivity index (χ3n) is 4.27. The first-order valence-corrected chi connectivity index (χ1v) is 8.38. The standard InChI is InChI=1S/C13H18FN3O3S/c14-9-6-7(21(16,18)19)3-4-10(9)17-12-11(15)8-2-1-5-20-13(8)12/h3-4,6,8,11-13,17H,1-2,5,15H2,(H2,16,18,19). The van der Waals surface area contributed by atoms with E-state index in [0.29, 0.717) is 12.5 Å². The van der Waals surface area contributed by atoms with Crippen LogP contribution in [0.2, 0.25) is 0 Å². The number of rotatable bonds is 3. The van der Waals surface area contributed by atoms with Crippen molar-refractivity contribution in [3.8, 4) is 0 Å². The van der Waals surface area contributed by atoms with Crippen LogP contribution >= 0.6 is 0 Å². The van der Waals surface area contributed by atoms with Gasteiger partial charge in [0.1, 0.15) is 5.82 Å². The molecule has 1 aromatic rings. The summed E-state index contributed by atoms with van der Waals surface area (Å²) in [7, 11) is -3.91. The summed E-state index contributed by atoms with van der Waals surface area (Å²) in [4.78, 5) is -0.254. The zero-order valence-electron chi connectivity index (χ0n) is 11.3. The van der Waals surface area contributed by atoms with Gasteiger partial charge in [0.15, 0.2) is 0 Å². The number of primary sulfonamides is 1. The molecule has 2 fully saturated rings. The fraction of sp³-hybridized carbons (Fsp3) is 0.538. The predicted molar refractivity (Wildman–Crippen MR) is 75.6 cm³/mol. The summed E-state index contributed by atoms with van der Waals surface area (Å²) in [6.07, 6.45) is 2.02. The Hall–Kier alpha value is -1.22. The maximum atomic E-state index is 14.0. The first kappa shape index (κ1) is 14.7. The summed E-state index contributed by atoms with van der Waals surface area (Å²) < 4.78 is 42.0. The number of halogens is 1. The van der Waals surface area contributed by atoms with Gasteiger partial charge in [-0.05, 0) is 31.0 Å². The number of sulfonamides is 1. The molecular formula is C13H18FN3O3S. The van der Waals surface area contributed by atoms with Crippen LogP contribution in [0.5, 0.6) is 0 Å². The van der Waals surface area contributed by atoms with E-state index in [1.807, 2.05) is 0 Å². The van der Waals surface area contributed by atoms with Gasteiger partial charge in [-0.25, -0.2) is 17.9 Å². The fourth-order valence-electron chi connectivity index (χ4n) is 3.10. The van der Waals surface area contributed by atoms with Gasteiger partial charge in [0.05, 0.1) is 22.7 Å². The van der Waals surface area contributed by atoms with Crippen molar-refractivity contribution in [2.24, 2.45) is 16.8 Å². The Morgan fingerprint density at radius 1 is 1.38 bits per heavy atom. The van der Waals surface area contributed by atoms with E-state index in [1.165, 1.54) is 12.1 Å². The Morgan fingerprint density at radius 2 is 2.14 bits per heavy atom. The number of anilines is 1. The second kappa shape index (κ2) is 5.20. The molecule has 116 valence electrons. The molecular weight excluding hydrogens is 297 g/mol. The summed E-state index contributed by atoms with van der Waals surface area (Å²) in [5.74, 6) is -0.365. The maximum absolute atomic E-state index is 14.0. The van der Waals surface area contributed by atoms with Crippen molar-refractivity contribution in [1.82, 2.24) is 0 Å². The molecule has 0 spiro atoms. The van der Waals surface area contributed by atoms with Gasteiger partial charge in [-0.1, -0.05) is 0 Å². The van der Waals surface area contributed by atoms with Crippen LogP contribution in [-0.2, 0) is 14.8 Å². The monoisotopic (exact) mass is 315 g/mol. The molecule has 1 aliphatic carbocycles. The Labute approximate surface area is 122 Å². The van der Waals surface area contributed by atoms with Gasteiger partial charge >= 0.3 is 0 Å². The summed E-state index contributed by atoms with van der Waals surface area (Å²) in [5, 5.41) is 7.98. The van der Waals surface area contributed by atoms with Crippen molar-refractivity contribution in [2.75, 3.05) is 11.9 Å². The average Bonchev–Trinajstić information content (AvgIpc) is 2.44. The van der Waals surface area contributed by atoms with Crippen LogP contribution < -0.4 is 16.2 Å². The molecule has 4 unspecified atom stereocenters. The van der Waals surface area contributed by atoms with E-state index >= 15 is 0 Å². The Kier molecular flexibility index (Phi) is 3.64. The van der Waals surface area contributed by atoms with Crippen LogP contribution in [0.25, 0.3) is 0 Å². The van der Waals surface area contributed by atoms with Gasteiger partial charge in [-0.15, -0.1) is 0 Å². The normalized spacial score (nSPS) is 32.1. The highest BCUT2D eigenvalue weighted by molar-refractivity contribution is 7.89. The van der Waals surface area contributed by atoms with Crippen molar-refractivity contribution in [3.63, 3.8) is 0 Å². The zero-order chi connectivity index (χ0) is 15.2. The maximum Gasteiger partial charge on any atom is 0.238 e. The molecule has 0 aromatic heterocycles. The van der Waals surface area contributed by atoms with E-state index < -0.39 is 15.8 Å². The molecule has 6 nitrogen and oxygen atoms in total. The van der Waals surface area contributed by atoms with Crippen molar-refractivity contribution >= 4 is 15.7 Å². The second-order valence-corrected chi connectivity index (χ2v) is 7.14. The SMILES string of the molecule is NC1C2CCCOC2C1Nc1ccc(S(N)(=O)=O)cc1F. The number of hydrogen-bond acceptors (Lipinski definition) is 5. The van der Waals surface area contributed by atoms with Gasteiger partial charge in [-0.3, -0.25) is 0 Å². The number of ether oxygens (including phenoxy) is 1. The van der Waals surface area contributed by atoms with Crippen LogP contribution in [0, 0.1) is 11.7 Å². The van der Waals surface area contributed by atoms with Gasteiger partial charge < -0.3 is 15.8 Å². The number of hydrogen-bond donors (Lipinski definition) is 3. The van der Waals surface area contributed by atoms with E-state index in [-0.39, 0.29) is 28.8 Å². The minimum absolute atomic E-state index is 0.00827. The molecule has 21 heavy (non-hydrogen) atoms. The molecule has 4 atom stereocenters. The molecule has 0 bridgehead atoms. The van der Waals surface area contributed by atoms with Gasteiger partial charge in [0.2, 0.25) is 10.0 Å². The number of nitrogens with two attached hydrogens (primary N) is 2. The lowest BCUT2D eigenvalue weighted by molar-refractivity contribution is -0.104. The molecule has 2 aliphatic rings. The molecule has 1 aliphatic heterocycles. The minimum Gasteiger partial charge on any atom is -0.376 e. The summed E-state index contributed by atoms with van der Waals surface area (Å²) in [6.45, 7) is 0.693. The first-order chi connectivity index (χ1) is 9.88. The Balaban J connectivity index is 1.77. The molecule has 1 aromatic carbocycles. The number of nitrogens with one attached hydrogen (secondary N) is 1. The topological polar surface area (TPSA) is 107 Å². The van der Waals surface area contributed by atoms with Crippen LogP contribution in [0.3, 0.4) is 0 Å². The van der Waals surface area contributed by atoms with E-state index in [1.54, 1.807) is 0 Å². The second-order valence-electron chi connectivity index (χ2n) is 5.58. The fourth-order valence-corrected chi connectivity index (χ4v) is 3.62. The van der Waals surface area contributed by atoms with E-state index in [4.69, 9.17) is 15.6 Å². The molecule has 3 rings (SSSR count). The first-order valence-electron chi connectivity index (χ1n) is 6.84. The highest BCUT2D eigenvalue weighted by atomic mass is 32.2. The third kappa shape index (κ3) is 2.64. The minimum atomic E-state index is -3.91. The lowest BCUT2D eigenvalue weighted by Gasteiger charge is -2.52. The highest BCUT2D eigenvalue weighted by Gasteiger charge is 2.50. The third-order valence-corrected chi connectivity index (χ3v) is 5.18. The number of benzene rings is 1. The van der Waals surface area contributed by atoms with E-state index in [0.717, 1.165) is 18.9 Å². The molecule has 0 radical (unpaired) electrons. The molecule has 1 saturated heterocycles. The zero-order valence-corrected chi connectivity index (χ0v) is 12.1. The highest BCUT2D eigenvalue weighted by Crippen LogP contribution is 2.39. The van der Waals surface area contributed by atoms with Crippen LogP contribution in [0.4, 0.5) is 10.1 Å². The molecule has 5 N–H and O–H groups in total. The van der Waals surface area contributed by atoms with Gasteiger partial charge in [0, 0.05) is 18.6 Å². The quantitative estimate of drug-likeness (QED) is 0.748. The molecule has 8 heteroatoms. The van der Waals surface area contributed by atoms with Crippen molar-refractivity contribution in [2.45, 2.75) is 35.9 Å². The smallest absolute Gasteiger partial charge is 0.238 e. The average molecular weight is 315 g/mol. The van der Waals surface area contributed by atoms with E-state index in [2.05, 4.69) is 5.32 Å². The van der Waals surface area contributed by atoms with Gasteiger partial charge in [0.25, 0.3) is 0 Å².